The Hall–Kier alpha value is -6.46. The van der Waals surface area contributed by atoms with Gasteiger partial charge in [0.05, 0.1) is 0 Å². The van der Waals surface area contributed by atoms with Crippen molar-refractivity contribution in [1.82, 2.24) is 19.9 Å². The maximum absolute atomic E-state index is 5.99. The molecule has 0 saturated heterocycles. The molecule has 0 amide bonds. The van der Waals surface area contributed by atoms with Crippen molar-refractivity contribution in [2.75, 3.05) is 0 Å². The highest BCUT2D eigenvalue weighted by Gasteiger charge is 2.16. The Balaban J connectivity index is 1.15. The highest BCUT2D eigenvalue weighted by atomic mass is 16.3. The van der Waals surface area contributed by atoms with Gasteiger partial charge in [-0.05, 0) is 63.4 Å². The van der Waals surface area contributed by atoms with Crippen LogP contribution in [0.2, 0.25) is 0 Å². The molecular formula is C42H26N4O. The summed E-state index contributed by atoms with van der Waals surface area (Å²) in [5, 5.41) is 4.16. The van der Waals surface area contributed by atoms with Crippen LogP contribution in [0.3, 0.4) is 0 Å². The number of hydrogen-bond acceptors (Lipinski definition) is 5. The summed E-state index contributed by atoms with van der Waals surface area (Å²) in [6.45, 7) is 0. The number of pyridine rings is 1. The molecular weight excluding hydrogens is 576 g/mol. The first-order valence-corrected chi connectivity index (χ1v) is 15.5. The molecule has 6 aromatic carbocycles. The summed E-state index contributed by atoms with van der Waals surface area (Å²) in [4.78, 5) is 19.5. The van der Waals surface area contributed by atoms with E-state index < -0.39 is 0 Å². The summed E-state index contributed by atoms with van der Waals surface area (Å²) >= 11 is 0. The van der Waals surface area contributed by atoms with E-state index in [4.69, 9.17) is 19.4 Å². The third kappa shape index (κ3) is 4.91. The molecule has 0 N–H and O–H groups in total. The van der Waals surface area contributed by atoms with Gasteiger partial charge >= 0.3 is 0 Å². The lowest BCUT2D eigenvalue weighted by Crippen LogP contribution is -2.00. The molecule has 5 heteroatoms. The smallest absolute Gasteiger partial charge is 0.227 e. The zero-order chi connectivity index (χ0) is 31.2. The van der Waals surface area contributed by atoms with Gasteiger partial charge in [0.15, 0.2) is 17.5 Å². The fourth-order valence-corrected chi connectivity index (χ4v) is 6.22. The fourth-order valence-electron chi connectivity index (χ4n) is 6.22. The minimum absolute atomic E-state index is 0.596. The monoisotopic (exact) mass is 602 g/mol. The normalized spacial score (nSPS) is 11.4. The van der Waals surface area contributed by atoms with Crippen molar-refractivity contribution in [3.8, 4) is 56.4 Å². The van der Waals surface area contributed by atoms with E-state index in [1.807, 2.05) is 42.5 Å². The van der Waals surface area contributed by atoms with E-state index in [-0.39, 0.29) is 0 Å². The average Bonchev–Trinajstić information content (AvgIpc) is 3.53. The number of nitrogens with zero attached hydrogens (tertiary/aromatic N) is 4. The van der Waals surface area contributed by atoms with Gasteiger partial charge < -0.3 is 4.42 Å². The lowest BCUT2D eigenvalue weighted by Gasteiger charge is -2.11. The van der Waals surface area contributed by atoms with Gasteiger partial charge in [0, 0.05) is 33.7 Å². The SMILES string of the molecule is c1ccc(-c2ccc(-c3ccc(-c4nc(-c5ccc6oc7ncccc7c6c5)nc(-c5cccc6ccccc56)n4)cc3)cc2)cc1. The lowest BCUT2D eigenvalue weighted by atomic mass is 9.99. The second-order valence-corrected chi connectivity index (χ2v) is 11.5. The maximum Gasteiger partial charge on any atom is 0.227 e. The molecule has 9 aromatic rings. The molecule has 5 nitrogen and oxygen atoms in total. The summed E-state index contributed by atoms with van der Waals surface area (Å²) in [5.74, 6) is 1.84. The van der Waals surface area contributed by atoms with Crippen LogP contribution in [0.1, 0.15) is 0 Å². The van der Waals surface area contributed by atoms with Gasteiger partial charge in [0.2, 0.25) is 5.71 Å². The van der Waals surface area contributed by atoms with Gasteiger partial charge in [-0.25, -0.2) is 19.9 Å². The molecule has 0 spiro atoms. The first-order valence-electron chi connectivity index (χ1n) is 15.5. The largest absolute Gasteiger partial charge is 0.438 e. The predicted octanol–water partition coefficient (Wildman–Crippen LogP) is 10.7. The standard InChI is InChI=1S/C42H26N4O/c1-2-8-27(9-3-1)28-15-17-29(18-16-28)30-19-21-32(22-20-30)39-44-40(33-23-24-38-37(26-33)36-14-7-25-43-42(36)47-38)46-41(45-39)35-13-6-11-31-10-4-5-12-34(31)35/h1-26H. The molecule has 3 heterocycles. The Morgan fingerprint density at radius 2 is 0.957 bits per heavy atom. The molecule has 0 aliphatic rings. The van der Waals surface area contributed by atoms with Crippen LogP contribution in [0, 0.1) is 0 Å². The van der Waals surface area contributed by atoms with Crippen molar-refractivity contribution in [2.24, 2.45) is 0 Å². The summed E-state index contributed by atoms with van der Waals surface area (Å²) < 4.78 is 5.99. The van der Waals surface area contributed by atoms with E-state index in [9.17, 15) is 0 Å². The van der Waals surface area contributed by atoms with E-state index >= 15 is 0 Å². The van der Waals surface area contributed by atoms with E-state index in [1.165, 1.54) is 11.1 Å². The third-order valence-corrected chi connectivity index (χ3v) is 8.64. The van der Waals surface area contributed by atoms with E-state index in [1.54, 1.807) is 6.20 Å². The quantitative estimate of drug-likeness (QED) is 0.196. The van der Waals surface area contributed by atoms with Crippen LogP contribution in [0.25, 0.3) is 89.3 Å². The van der Waals surface area contributed by atoms with Crippen LogP contribution in [0.4, 0.5) is 0 Å². The van der Waals surface area contributed by atoms with Gasteiger partial charge in [-0.1, -0.05) is 121 Å². The van der Waals surface area contributed by atoms with Gasteiger partial charge in [0.25, 0.3) is 0 Å². The van der Waals surface area contributed by atoms with Crippen molar-refractivity contribution in [3.63, 3.8) is 0 Å². The molecule has 0 radical (unpaired) electrons. The van der Waals surface area contributed by atoms with Crippen molar-refractivity contribution in [1.29, 1.82) is 0 Å². The number of rotatable bonds is 5. The first kappa shape index (κ1) is 26.9. The van der Waals surface area contributed by atoms with Crippen LogP contribution in [-0.2, 0) is 0 Å². The van der Waals surface area contributed by atoms with Crippen LogP contribution >= 0.6 is 0 Å². The summed E-state index contributed by atoms with van der Waals surface area (Å²) in [5.41, 5.74) is 8.83. The molecule has 0 aliphatic carbocycles. The maximum atomic E-state index is 5.99. The number of hydrogen-bond donors (Lipinski definition) is 0. The Morgan fingerprint density at radius 3 is 1.72 bits per heavy atom. The van der Waals surface area contributed by atoms with Crippen molar-refractivity contribution >= 4 is 32.8 Å². The van der Waals surface area contributed by atoms with Crippen LogP contribution < -0.4 is 0 Å². The molecule has 0 saturated carbocycles. The Labute approximate surface area is 270 Å². The highest BCUT2D eigenvalue weighted by molar-refractivity contribution is 6.05. The first-order chi connectivity index (χ1) is 23.3. The van der Waals surface area contributed by atoms with Gasteiger partial charge in [-0.15, -0.1) is 0 Å². The average molecular weight is 603 g/mol. The fraction of sp³-hybridized carbons (Fsp3) is 0. The van der Waals surface area contributed by atoms with E-state index in [0.29, 0.717) is 23.2 Å². The summed E-state index contributed by atoms with van der Waals surface area (Å²) in [7, 11) is 0. The Morgan fingerprint density at radius 1 is 0.383 bits per heavy atom. The van der Waals surface area contributed by atoms with Crippen molar-refractivity contribution in [2.45, 2.75) is 0 Å². The van der Waals surface area contributed by atoms with Crippen molar-refractivity contribution < 1.29 is 4.42 Å². The topological polar surface area (TPSA) is 64.7 Å². The molecule has 0 atom stereocenters. The zero-order valence-electron chi connectivity index (χ0n) is 25.2. The second kappa shape index (κ2) is 11.2. The number of benzene rings is 6. The highest BCUT2D eigenvalue weighted by Crippen LogP contribution is 2.34. The molecule has 3 aromatic heterocycles. The molecule has 0 bridgehead atoms. The van der Waals surface area contributed by atoms with Crippen LogP contribution in [0.15, 0.2) is 162 Å². The summed E-state index contributed by atoms with van der Waals surface area (Å²) in [6.07, 6.45) is 1.74. The third-order valence-electron chi connectivity index (χ3n) is 8.64. The molecule has 220 valence electrons. The Kier molecular flexibility index (Phi) is 6.39. The summed E-state index contributed by atoms with van der Waals surface area (Å²) in [6, 6.07) is 52.1. The minimum atomic E-state index is 0.596. The molecule has 47 heavy (non-hydrogen) atoms. The van der Waals surface area contributed by atoms with E-state index in [0.717, 1.165) is 54.9 Å². The molecule has 0 aliphatic heterocycles. The molecule has 0 fully saturated rings. The lowest BCUT2D eigenvalue weighted by molar-refractivity contribution is 0.654. The van der Waals surface area contributed by atoms with Gasteiger partial charge in [-0.2, -0.15) is 0 Å². The molecule has 0 unspecified atom stereocenters. The second-order valence-electron chi connectivity index (χ2n) is 11.5. The Bertz CT molecular complexity index is 2550. The zero-order valence-corrected chi connectivity index (χ0v) is 25.2. The van der Waals surface area contributed by atoms with E-state index in [2.05, 4.69) is 114 Å². The van der Waals surface area contributed by atoms with Crippen LogP contribution in [0.5, 0.6) is 0 Å². The van der Waals surface area contributed by atoms with Crippen molar-refractivity contribution in [3.05, 3.63) is 158 Å². The van der Waals surface area contributed by atoms with Crippen LogP contribution in [-0.4, -0.2) is 19.9 Å². The number of fused-ring (bicyclic) bond motifs is 4. The van der Waals surface area contributed by atoms with Gasteiger partial charge in [0.1, 0.15) is 5.58 Å². The molecule has 9 rings (SSSR count). The number of furan rings is 1. The number of aromatic nitrogens is 4. The van der Waals surface area contributed by atoms with Gasteiger partial charge in [-0.3, -0.25) is 0 Å². The minimum Gasteiger partial charge on any atom is -0.438 e. The predicted molar refractivity (Wildman–Crippen MR) is 190 cm³/mol.